The number of nitro benzene ring substituents is 1. The third-order valence-corrected chi connectivity index (χ3v) is 1.57. The number of rotatable bonds is 1. The molecule has 0 spiro atoms. The second-order valence-corrected chi connectivity index (χ2v) is 2.29. The zero-order chi connectivity index (χ0) is 8.55. The van der Waals surface area contributed by atoms with Gasteiger partial charge < -0.3 is 9.47 Å². The third kappa shape index (κ3) is 0.952. The molecule has 1 aliphatic heterocycles. The van der Waals surface area contributed by atoms with E-state index in [-0.39, 0.29) is 12.5 Å². The topological polar surface area (TPSA) is 61.6 Å². The number of nitrogens with zero attached hydrogens (tertiary/aromatic N) is 1. The highest BCUT2D eigenvalue weighted by atomic mass is 16.7. The minimum absolute atomic E-state index is 0.0132. The summed E-state index contributed by atoms with van der Waals surface area (Å²) in [5, 5.41) is 10.3. The number of hydrogen-bond donors (Lipinski definition) is 0. The highest BCUT2D eigenvalue weighted by molar-refractivity contribution is 5.49. The number of benzene rings is 1. The summed E-state index contributed by atoms with van der Waals surface area (Å²) < 4.78 is 9.95. The van der Waals surface area contributed by atoms with Gasteiger partial charge in [-0.25, -0.2) is 0 Å². The number of hydrogen-bond acceptors (Lipinski definition) is 4. The van der Waals surface area contributed by atoms with E-state index in [9.17, 15) is 10.1 Å². The van der Waals surface area contributed by atoms with Crippen LogP contribution in [0.4, 0.5) is 5.69 Å². The lowest BCUT2D eigenvalue weighted by Crippen LogP contribution is -1.93. The lowest BCUT2D eigenvalue weighted by atomic mass is 10.3. The van der Waals surface area contributed by atoms with Gasteiger partial charge in [0.25, 0.3) is 5.69 Å². The monoisotopic (exact) mass is 167 g/mol. The van der Waals surface area contributed by atoms with E-state index in [2.05, 4.69) is 0 Å². The van der Waals surface area contributed by atoms with Gasteiger partial charge >= 0.3 is 0 Å². The molecule has 62 valence electrons. The first-order valence-electron chi connectivity index (χ1n) is 3.31. The highest BCUT2D eigenvalue weighted by Crippen LogP contribution is 2.34. The van der Waals surface area contributed by atoms with Crippen molar-refractivity contribution < 1.29 is 14.4 Å². The first kappa shape index (κ1) is 6.90. The molecular weight excluding hydrogens is 162 g/mol. The summed E-state index contributed by atoms with van der Waals surface area (Å²) in [6, 6.07) is 4.26. The van der Waals surface area contributed by atoms with Crippen LogP contribution in [0.1, 0.15) is 0 Å². The fraction of sp³-hybridized carbons (Fsp3) is 0.143. The minimum Gasteiger partial charge on any atom is -0.454 e. The highest BCUT2D eigenvalue weighted by Gasteiger charge is 2.17. The molecule has 2 rings (SSSR count). The molecule has 0 N–H and O–H groups in total. The van der Waals surface area contributed by atoms with E-state index in [0.29, 0.717) is 11.5 Å². The van der Waals surface area contributed by atoms with Crippen molar-refractivity contribution in [2.45, 2.75) is 0 Å². The van der Waals surface area contributed by atoms with Crippen molar-refractivity contribution in [3.05, 3.63) is 28.3 Å². The van der Waals surface area contributed by atoms with E-state index in [0.717, 1.165) is 0 Å². The van der Waals surface area contributed by atoms with Gasteiger partial charge in [-0.15, -0.1) is 0 Å². The first-order valence-corrected chi connectivity index (χ1v) is 3.31. The van der Waals surface area contributed by atoms with Gasteiger partial charge in [-0.3, -0.25) is 10.1 Å². The normalized spacial score (nSPS) is 13.0. The largest absolute Gasteiger partial charge is 0.454 e. The van der Waals surface area contributed by atoms with Gasteiger partial charge in [0.1, 0.15) is 0 Å². The van der Waals surface area contributed by atoms with Crippen LogP contribution in [0.25, 0.3) is 0 Å². The quantitative estimate of drug-likeness (QED) is 0.467. The Morgan fingerprint density at radius 3 is 2.83 bits per heavy atom. The number of non-ortho nitro benzene ring substituents is 1. The molecule has 0 fully saturated rings. The average molecular weight is 167 g/mol. The predicted molar refractivity (Wildman–Crippen MR) is 39.2 cm³/mol. The average Bonchev–Trinajstić information content (AvgIpc) is 2.49. The van der Waals surface area contributed by atoms with Crippen molar-refractivity contribution in [2.75, 3.05) is 6.79 Å². The second kappa shape index (κ2) is 2.37. The Balaban J connectivity index is 2.45. The van der Waals surface area contributed by atoms with Gasteiger partial charge in [0.15, 0.2) is 11.5 Å². The molecule has 5 heteroatoms. The lowest BCUT2D eigenvalue weighted by molar-refractivity contribution is -0.384. The smallest absolute Gasteiger partial charge is 0.273 e. The van der Waals surface area contributed by atoms with Crippen LogP contribution in [0.5, 0.6) is 11.5 Å². The van der Waals surface area contributed by atoms with Crippen LogP contribution in [0.3, 0.4) is 0 Å². The maximum Gasteiger partial charge on any atom is 0.273 e. The van der Waals surface area contributed by atoms with Crippen LogP contribution in [0.15, 0.2) is 18.2 Å². The molecule has 0 aliphatic carbocycles. The second-order valence-electron chi connectivity index (χ2n) is 2.29. The van der Waals surface area contributed by atoms with Gasteiger partial charge in [-0.05, 0) is 6.07 Å². The maximum absolute atomic E-state index is 10.3. The van der Waals surface area contributed by atoms with E-state index in [1.54, 1.807) is 0 Å². The fourth-order valence-electron chi connectivity index (χ4n) is 0.999. The Labute approximate surface area is 67.7 Å². The Morgan fingerprint density at radius 1 is 1.33 bits per heavy atom. The van der Waals surface area contributed by atoms with Crippen LogP contribution in [-0.2, 0) is 0 Å². The van der Waals surface area contributed by atoms with Gasteiger partial charge in [0.2, 0.25) is 6.79 Å². The Morgan fingerprint density at radius 2 is 2.08 bits per heavy atom. The summed E-state index contributed by atoms with van der Waals surface area (Å²) in [5.41, 5.74) is 0.0132. The molecule has 12 heavy (non-hydrogen) atoms. The van der Waals surface area contributed by atoms with Crippen LogP contribution >= 0.6 is 0 Å². The summed E-state index contributed by atoms with van der Waals surface area (Å²) in [6.45, 7) is 0.135. The third-order valence-electron chi connectivity index (χ3n) is 1.57. The minimum atomic E-state index is -0.470. The molecule has 0 unspecified atom stereocenters. The molecule has 1 aromatic rings. The van der Waals surface area contributed by atoms with E-state index >= 15 is 0 Å². The van der Waals surface area contributed by atoms with Crippen LogP contribution in [0.2, 0.25) is 0 Å². The summed E-state index contributed by atoms with van der Waals surface area (Å²) in [6.07, 6.45) is 0. The first-order chi connectivity index (χ1) is 5.77. The van der Waals surface area contributed by atoms with Gasteiger partial charge in [-0.1, -0.05) is 0 Å². The van der Waals surface area contributed by atoms with Crippen LogP contribution in [0, 0.1) is 10.1 Å². The van der Waals surface area contributed by atoms with Crippen molar-refractivity contribution in [1.82, 2.24) is 0 Å². The summed E-state index contributed by atoms with van der Waals surface area (Å²) >= 11 is 0. The summed E-state index contributed by atoms with van der Waals surface area (Å²) in [4.78, 5) is 9.84. The van der Waals surface area contributed by atoms with Crippen molar-refractivity contribution in [3.63, 3.8) is 0 Å². The molecule has 0 radical (unpaired) electrons. The number of fused-ring (bicyclic) bond motifs is 1. The zero-order valence-electron chi connectivity index (χ0n) is 6.02. The molecule has 0 aromatic heterocycles. The maximum atomic E-state index is 10.3. The fourth-order valence-corrected chi connectivity index (χ4v) is 0.999. The van der Waals surface area contributed by atoms with Gasteiger partial charge in [0, 0.05) is 6.07 Å². The van der Waals surface area contributed by atoms with E-state index in [4.69, 9.17) is 9.47 Å². The van der Waals surface area contributed by atoms with Gasteiger partial charge in [-0.2, -0.15) is 0 Å². The zero-order valence-corrected chi connectivity index (χ0v) is 6.02. The lowest BCUT2D eigenvalue weighted by Gasteiger charge is -1.93. The molecule has 0 saturated heterocycles. The molecule has 0 amide bonds. The molecule has 0 atom stereocenters. The number of ether oxygens (including phenoxy) is 2. The molecular formula is C7H5NO4. The molecule has 1 aromatic carbocycles. The summed E-state index contributed by atoms with van der Waals surface area (Å²) in [5.74, 6) is 0.991. The van der Waals surface area contributed by atoms with Crippen molar-refractivity contribution in [3.8, 4) is 11.5 Å². The Kier molecular flexibility index (Phi) is 1.36. The van der Waals surface area contributed by atoms with Crippen molar-refractivity contribution in [1.29, 1.82) is 0 Å². The standard InChI is InChI=1S/C7H5NO4/c9-8(10)5-1-2-6-7(3-5)12-4-11-6/h1-3H,4H2. The van der Waals surface area contributed by atoms with Crippen molar-refractivity contribution >= 4 is 5.69 Å². The van der Waals surface area contributed by atoms with Crippen LogP contribution in [-0.4, -0.2) is 11.7 Å². The SMILES string of the molecule is O=[N+]([O-])c1ccc2c(c1)OCO2. The van der Waals surface area contributed by atoms with E-state index in [1.807, 2.05) is 0 Å². The molecule has 0 saturated carbocycles. The predicted octanol–water partition coefficient (Wildman–Crippen LogP) is 1.32. The molecule has 1 heterocycles. The van der Waals surface area contributed by atoms with Gasteiger partial charge in [0.05, 0.1) is 11.0 Å². The van der Waals surface area contributed by atoms with E-state index in [1.165, 1.54) is 18.2 Å². The van der Waals surface area contributed by atoms with Crippen molar-refractivity contribution in [2.24, 2.45) is 0 Å². The van der Waals surface area contributed by atoms with Crippen LogP contribution < -0.4 is 9.47 Å². The Hall–Kier alpha value is -1.78. The summed E-state index contributed by atoms with van der Waals surface area (Å²) in [7, 11) is 0. The molecule has 0 bridgehead atoms. The molecule has 5 nitrogen and oxygen atoms in total. The Bertz CT molecular complexity index is 336. The van der Waals surface area contributed by atoms with E-state index < -0.39 is 4.92 Å². The molecule has 1 aliphatic rings. The number of nitro groups is 1.